The zero-order valence-corrected chi connectivity index (χ0v) is 16.1. The molecule has 3 aromatic rings. The third kappa shape index (κ3) is 4.68. The minimum Gasteiger partial charge on any atom is -0.352 e. The Morgan fingerprint density at radius 2 is 1.78 bits per heavy atom. The fourth-order valence-electron chi connectivity index (χ4n) is 2.43. The standard InChI is InChI=1S/C18H19N3S.HI/c1-19-18(20-11-14-9-10-22-13-14)21-12-16-7-4-6-15-5-2-3-8-17(15)16;/h2-10,13H,11-12H2,1H3,(H2,19,20,21);1H. The number of nitrogens with zero attached hydrogens (tertiary/aromatic N) is 1. The average Bonchev–Trinajstić information content (AvgIpc) is 3.08. The van der Waals surface area contributed by atoms with Crippen molar-refractivity contribution in [1.82, 2.24) is 10.6 Å². The maximum absolute atomic E-state index is 4.28. The summed E-state index contributed by atoms with van der Waals surface area (Å²) in [5.74, 6) is 0.819. The van der Waals surface area contributed by atoms with E-state index in [0.29, 0.717) is 0 Å². The second kappa shape index (κ2) is 8.88. The van der Waals surface area contributed by atoms with Crippen LogP contribution < -0.4 is 10.6 Å². The van der Waals surface area contributed by atoms with Crippen LogP contribution in [0, 0.1) is 0 Å². The number of guanidine groups is 1. The van der Waals surface area contributed by atoms with Gasteiger partial charge in [0.1, 0.15) is 0 Å². The summed E-state index contributed by atoms with van der Waals surface area (Å²) >= 11 is 1.71. The second-order valence-corrected chi connectivity index (χ2v) is 5.83. The van der Waals surface area contributed by atoms with Crippen LogP contribution in [0.3, 0.4) is 0 Å². The van der Waals surface area contributed by atoms with Gasteiger partial charge in [-0.3, -0.25) is 4.99 Å². The van der Waals surface area contributed by atoms with Crippen molar-refractivity contribution in [2.24, 2.45) is 4.99 Å². The van der Waals surface area contributed by atoms with Crippen LogP contribution in [0.2, 0.25) is 0 Å². The molecule has 1 aromatic heterocycles. The van der Waals surface area contributed by atoms with Crippen molar-refractivity contribution in [3.8, 4) is 0 Å². The molecule has 2 N–H and O–H groups in total. The Hall–Kier alpha value is -1.60. The lowest BCUT2D eigenvalue weighted by Gasteiger charge is -2.13. The molecule has 5 heteroatoms. The molecule has 120 valence electrons. The molecule has 23 heavy (non-hydrogen) atoms. The highest BCUT2D eigenvalue weighted by Crippen LogP contribution is 2.18. The first-order chi connectivity index (χ1) is 10.9. The predicted octanol–water partition coefficient (Wildman–Crippen LogP) is 4.38. The molecule has 0 fully saturated rings. The Morgan fingerprint density at radius 3 is 2.57 bits per heavy atom. The van der Waals surface area contributed by atoms with Gasteiger partial charge in [0, 0.05) is 20.1 Å². The van der Waals surface area contributed by atoms with E-state index in [2.05, 4.69) is 74.9 Å². The summed E-state index contributed by atoms with van der Waals surface area (Å²) in [5, 5.41) is 13.5. The van der Waals surface area contributed by atoms with Crippen molar-refractivity contribution >= 4 is 52.0 Å². The third-order valence-electron chi connectivity index (χ3n) is 3.59. The SMILES string of the molecule is CN=C(NCc1ccsc1)NCc1cccc2ccccc12.I. The first-order valence-electron chi connectivity index (χ1n) is 7.29. The number of nitrogens with one attached hydrogen (secondary N) is 2. The van der Waals surface area contributed by atoms with Gasteiger partial charge in [0.15, 0.2) is 5.96 Å². The second-order valence-electron chi connectivity index (χ2n) is 5.05. The number of thiophene rings is 1. The maximum atomic E-state index is 4.28. The van der Waals surface area contributed by atoms with Crippen LogP contribution >= 0.6 is 35.3 Å². The molecule has 0 radical (unpaired) electrons. The van der Waals surface area contributed by atoms with E-state index in [4.69, 9.17) is 0 Å². The highest BCUT2D eigenvalue weighted by Gasteiger charge is 2.02. The van der Waals surface area contributed by atoms with Gasteiger partial charge in [-0.05, 0) is 38.7 Å². The van der Waals surface area contributed by atoms with Gasteiger partial charge in [-0.1, -0.05) is 42.5 Å². The molecule has 0 aliphatic heterocycles. The molecule has 0 aliphatic carbocycles. The Morgan fingerprint density at radius 1 is 1.00 bits per heavy atom. The lowest BCUT2D eigenvalue weighted by molar-refractivity contribution is 0.813. The first-order valence-corrected chi connectivity index (χ1v) is 8.23. The van der Waals surface area contributed by atoms with Crippen molar-refractivity contribution < 1.29 is 0 Å². The number of halogens is 1. The predicted molar refractivity (Wildman–Crippen MR) is 111 cm³/mol. The Labute approximate surface area is 157 Å². The van der Waals surface area contributed by atoms with Crippen molar-refractivity contribution in [2.75, 3.05) is 7.05 Å². The molecule has 3 rings (SSSR count). The fourth-order valence-corrected chi connectivity index (χ4v) is 3.09. The molecule has 2 aromatic carbocycles. The average molecular weight is 437 g/mol. The van der Waals surface area contributed by atoms with Crippen molar-refractivity contribution in [3.63, 3.8) is 0 Å². The molecule has 1 heterocycles. The quantitative estimate of drug-likeness (QED) is 0.361. The van der Waals surface area contributed by atoms with Gasteiger partial charge in [-0.15, -0.1) is 24.0 Å². The van der Waals surface area contributed by atoms with Crippen LogP contribution in [-0.4, -0.2) is 13.0 Å². The van der Waals surface area contributed by atoms with Gasteiger partial charge >= 0.3 is 0 Å². The summed E-state index contributed by atoms with van der Waals surface area (Å²) in [4.78, 5) is 4.28. The van der Waals surface area contributed by atoms with E-state index >= 15 is 0 Å². The van der Waals surface area contributed by atoms with Crippen LogP contribution in [0.4, 0.5) is 0 Å². The number of hydrogen-bond donors (Lipinski definition) is 2. The van der Waals surface area contributed by atoms with Crippen LogP contribution in [0.5, 0.6) is 0 Å². The Kier molecular flexibility index (Phi) is 6.85. The number of fused-ring (bicyclic) bond motifs is 1. The molecule has 0 amide bonds. The molecule has 0 aliphatic rings. The fraction of sp³-hybridized carbons (Fsp3) is 0.167. The minimum absolute atomic E-state index is 0. The number of hydrogen-bond acceptors (Lipinski definition) is 2. The van der Waals surface area contributed by atoms with E-state index in [1.165, 1.54) is 21.9 Å². The van der Waals surface area contributed by atoms with Gasteiger partial charge in [-0.25, -0.2) is 0 Å². The van der Waals surface area contributed by atoms with Crippen LogP contribution in [0.15, 0.2) is 64.3 Å². The normalized spacial score (nSPS) is 11.1. The lowest BCUT2D eigenvalue weighted by atomic mass is 10.0. The Balaban J connectivity index is 0.00000192. The topological polar surface area (TPSA) is 36.4 Å². The summed E-state index contributed by atoms with van der Waals surface area (Å²) in [5.41, 5.74) is 2.55. The summed E-state index contributed by atoms with van der Waals surface area (Å²) in [6, 6.07) is 17.0. The monoisotopic (exact) mass is 437 g/mol. The van der Waals surface area contributed by atoms with Gasteiger partial charge in [0.25, 0.3) is 0 Å². The highest BCUT2D eigenvalue weighted by molar-refractivity contribution is 14.0. The van der Waals surface area contributed by atoms with E-state index in [0.717, 1.165) is 19.0 Å². The summed E-state index contributed by atoms with van der Waals surface area (Å²) < 4.78 is 0. The lowest BCUT2D eigenvalue weighted by Crippen LogP contribution is -2.36. The van der Waals surface area contributed by atoms with E-state index < -0.39 is 0 Å². The van der Waals surface area contributed by atoms with E-state index in [1.807, 2.05) is 0 Å². The van der Waals surface area contributed by atoms with Crippen LogP contribution in [0.25, 0.3) is 10.8 Å². The Bertz CT molecular complexity index is 764. The summed E-state index contributed by atoms with van der Waals surface area (Å²) in [6.07, 6.45) is 0. The zero-order valence-electron chi connectivity index (χ0n) is 13.0. The summed E-state index contributed by atoms with van der Waals surface area (Å²) in [7, 11) is 1.80. The highest BCUT2D eigenvalue weighted by atomic mass is 127. The van der Waals surface area contributed by atoms with Gasteiger partial charge in [0.2, 0.25) is 0 Å². The van der Waals surface area contributed by atoms with E-state index in [1.54, 1.807) is 18.4 Å². The zero-order chi connectivity index (χ0) is 15.2. The molecular weight excluding hydrogens is 417 g/mol. The smallest absolute Gasteiger partial charge is 0.191 e. The van der Waals surface area contributed by atoms with Crippen LogP contribution in [-0.2, 0) is 13.1 Å². The van der Waals surface area contributed by atoms with Gasteiger partial charge < -0.3 is 10.6 Å². The number of rotatable bonds is 4. The van der Waals surface area contributed by atoms with E-state index in [-0.39, 0.29) is 24.0 Å². The molecule has 3 nitrogen and oxygen atoms in total. The minimum atomic E-state index is 0. The molecule has 0 spiro atoms. The third-order valence-corrected chi connectivity index (χ3v) is 4.32. The summed E-state index contributed by atoms with van der Waals surface area (Å²) in [6.45, 7) is 1.55. The first kappa shape index (κ1) is 17.7. The molecule has 0 atom stereocenters. The number of aliphatic imine (C=N–C) groups is 1. The van der Waals surface area contributed by atoms with Crippen LogP contribution in [0.1, 0.15) is 11.1 Å². The molecular formula is C18H20IN3S. The van der Waals surface area contributed by atoms with Crippen molar-refractivity contribution in [2.45, 2.75) is 13.1 Å². The van der Waals surface area contributed by atoms with Crippen molar-refractivity contribution in [3.05, 3.63) is 70.4 Å². The van der Waals surface area contributed by atoms with E-state index in [9.17, 15) is 0 Å². The molecule has 0 unspecified atom stereocenters. The largest absolute Gasteiger partial charge is 0.352 e. The molecule has 0 bridgehead atoms. The van der Waals surface area contributed by atoms with Gasteiger partial charge in [-0.2, -0.15) is 11.3 Å². The number of benzene rings is 2. The van der Waals surface area contributed by atoms with Gasteiger partial charge in [0.05, 0.1) is 0 Å². The van der Waals surface area contributed by atoms with Crippen molar-refractivity contribution in [1.29, 1.82) is 0 Å². The molecule has 0 saturated heterocycles. The maximum Gasteiger partial charge on any atom is 0.191 e. The molecule has 0 saturated carbocycles.